The number of hydrogen-bond acceptors (Lipinski definition) is 6. The van der Waals surface area contributed by atoms with Crippen LogP contribution in [0.2, 0.25) is 0 Å². The summed E-state index contributed by atoms with van der Waals surface area (Å²) in [6.45, 7) is 1.06. The first-order chi connectivity index (χ1) is 16.8. The second-order valence-electron chi connectivity index (χ2n) is 8.83. The number of carbonyl (C=O) groups is 1. The fourth-order valence-corrected chi connectivity index (χ4v) is 4.85. The highest BCUT2D eigenvalue weighted by molar-refractivity contribution is 5.83. The number of fused-ring (bicyclic) bond motifs is 1. The zero-order valence-corrected chi connectivity index (χ0v) is 18.5. The summed E-state index contributed by atoms with van der Waals surface area (Å²) in [7, 11) is 0. The van der Waals surface area contributed by atoms with E-state index in [4.69, 9.17) is 4.74 Å². The Morgan fingerprint density at radius 2 is 1.97 bits per heavy atom. The first-order valence-electron chi connectivity index (χ1n) is 11.1. The van der Waals surface area contributed by atoms with Gasteiger partial charge in [0.2, 0.25) is 0 Å². The molecule has 5 rings (SSSR count). The number of nitriles is 1. The number of amides is 1. The summed E-state index contributed by atoms with van der Waals surface area (Å²) in [5.74, 6) is -1.65. The smallest absolute Gasteiger partial charge is 0.407 e. The van der Waals surface area contributed by atoms with Crippen molar-refractivity contribution in [1.29, 1.82) is 5.26 Å². The molecule has 1 aromatic heterocycles. The van der Waals surface area contributed by atoms with Crippen molar-refractivity contribution in [2.45, 2.75) is 30.9 Å². The molecule has 0 bridgehead atoms. The van der Waals surface area contributed by atoms with E-state index in [1.54, 1.807) is 18.2 Å². The van der Waals surface area contributed by atoms with Crippen LogP contribution in [0.4, 0.5) is 25.0 Å². The van der Waals surface area contributed by atoms with Crippen LogP contribution in [0.3, 0.4) is 0 Å². The molecule has 2 saturated heterocycles. The lowest BCUT2D eigenvalue weighted by Crippen LogP contribution is -2.46. The Labute approximate surface area is 198 Å². The maximum absolute atomic E-state index is 14.3. The van der Waals surface area contributed by atoms with Gasteiger partial charge in [0.05, 0.1) is 41.2 Å². The molecule has 11 heteroatoms. The fourth-order valence-electron chi connectivity index (χ4n) is 4.85. The maximum Gasteiger partial charge on any atom is 0.407 e. The number of rotatable bonds is 3. The van der Waals surface area contributed by atoms with E-state index >= 15 is 0 Å². The van der Waals surface area contributed by atoms with Crippen molar-refractivity contribution in [3.63, 3.8) is 0 Å². The van der Waals surface area contributed by atoms with Crippen molar-refractivity contribution in [1.82, 2.24) is 14.5 Å². The summed E-state index contributed by atoms with van der Waals surface area (Å²) in [5.41, 5.74) is -0.828. The number of nitrogens with one attached hydrogen (secondary N) is 1. The highest BCUT2D eigenvalue weighted by Crippen LogP contribution is 2.40. The lowest BCUT2D eigenvalue weighted by molar-refractivity contribution is -0.0396. The molecule has 0 aliphatic carbocycles. The summed E-state index contributed by atoms with van der Waals surface area (Å²) >= 11 is 0. The average molecular weight is 481 g/mol. The minimum atomic E-state index is -0.950. The van der Waals surface area contributed by atoms with E-state index in [9.17, 15) is 28.7 Å². The second-order valence-corrected chi connectivity index (χ2v) is 8.83. The lowest BCUT2D eigenvalue weighted by atomic mass is 9.87. The molecule has 0 saturated carbocycles. The predicted octanol–water partition coefficient (Wildman–Crippen LogP) is 3.76. The molecular formula is C24H21F2N5O4. The molecule has 9 nitrogen and oxygen atoms in total. The zero-order chi connectivity index (χ0) is 24.7. The van der Waals surface area contributed by atoms with E-state index in [0.717, 1.165) is 12.1 Å². The van der Waals surface area contributed by atoms with Crippen LogP contribution < -0.4 is 10.9 Å². The molecule has 2 fully saturated rings. The predicted molar refractivity (Wildman–Crippen MR) is 122 cm³/mol. The van der Waals surface area contributed by atoms with Gasteiger partial charge in [-0.05, 0) is 49.6 Å². The first kappa shape index (κ1) is 22.7. The Balaban J connectivity index is 1.42. The second kappa shape index (κ2) is 8.63. The van der Waals surface area contributed by atoms with Crippen molar-refractivity contribution in [2.24, 2.45) is 0 Å². The summed E-state index contributed by atoms with van der Waals surface area (Å²) in [4.78, 5) is 30.3. The van der Waals surface area contributed by atoms with E-state index in [1.807, 2.05) is 0 Å². The number of halogens is 2. The molecule has 3 heterocycles. The number of piperidine rings is 1. The van der Waals surface area contributed by atoms with Gasteiger partial charge in [-0.1, -0.05) is 0 Å². The third-order valence-electron chi connectivity index (χ3n) is 6.80. The molecule has 0 radical (unpaired) electrons. The Bertz CT molecular complexity index is 1430. The third-order valence-corrected chi connectivity index (χ3v) is 6.80. The molecule has 3 aromatic rings. The Morgan fingerprint density at radius 3 is 2.69 bits per heavy atom. The van der Waals surface area contributed by atoms with Crippen LogP contribution in [0, 0.1) is 23.0 Å². The van der Waals surface area contributed by atoms with E-state index < -0.39 is 28.9 Å². The molecule has 2 aliphatic heterocycles. The largest absolute Gasteiger partial charge is 0.465 e. The van der Waals surface area contributed by atoms with Crippen molar-refractivity contribution < 1.29 is 23.4 Å². The van der Waals surface area contributed by atoms with Crippen molar-refractivity contribution in [3.8, 4) is 6.07 Å². The maximum atomic E-state index is 14.3. The van der Waals surface area contributed by atoms with E-state index in [0.29, 0.717) is 50.2 Å². The Morgan fingerprint density at radius 1 is 1.23 bits per heavy atom. The molecule has 1 unspecified atom stereocenters. The molecule has 2 aliphatic rings. The Hall–Kier alpha value is -4.04. The third kappa shape index (κ3) is 4.06. The number of nitrogens with zero attached hydrogens (tertiary/aromatic N) is 4. The molecule has 2 aromatic carbocycles. The number of hydrogen-bond donors (Lipinski definition) is 2. The van der Waals surface area contributed by atoms with Crippen molar-refractivity contribution in [3.05, 3.63) is 64.2 Å². The molecule has 2 N–H and O–H groups in total. The monoisotopic (exact) mass is 481 g/mol. The summed E-state index contributed by atoms with van der Waals surface area (Å²) in [5, 5.41) is 21.4. The van der Waals surface area contributed by atoms with Crippen LogP contribution in [0.25, 0.3) is 10.9 Å². The quantitative estimate of drug-likeness (QED) is 0.584. The van der Waals surface area contributed by atoms with Crippen LogP contribution >= 0.6 is 0 Å². The first-order valence-corrected chi connectivity index (χ1v) is 11.1. The molecule has 1 amide bonds. The highest BCUT2D eigenvalue weighted by Gasteiger charge is 2.44. The van der Waals surface area contributed by atoms with E-state index in [-0.39, 0.29) is 22.7 Å². The number of benzene rings is 2. The number of anilines is 2. The van der Waals surface area contributed by atoms with Crippen LogP contribution in [0.15, 0.2) is 41.5 Å². The van der Waals surface area contributed by atoms with Crippen molar-refractivity contribution in [2.75, 3.05) is 25.0 Å². The van der Waals surface area contributed by atoms with Gasteiger partial charge in [0.15, 0.2) is 0 Å². The van der Waals surface area contributed by atoms with E-state index in [1.165, 1.54) is 21.9 Å². The molecule has 35 heavy (non-hydrogen) atoms. The van der Waals surface area contributed by atoms with Gasteiger partial charge in [-0.15, -0.1) is 0 Å². The van der Waals surface area contributed by atoms with Gasteiger partial charge in [-0.2, -0.15) is 5.26 Å². The van der Waals surface area contributed by atoms with Gasteiger partial charge in [-0.25, -0.2) is 18.6 Å². The van der Waals surface area contributed by atoms with Crippen LogP contribution in [-0.4, -0.2) is 50.9 Å². The minimum absolute atomic E-state index is 0.266. The number of likely N-dealkylation sites (tertiary alicyclic amines) is 1. The highest BCUT2D eigenvalue weighted by atomic mass is 19.1. The standard InChI is InChI=1S/C24H21F2N5O4/c25-18-2-3-19(26)21(17(18)11-27)29-14-1-4-20-16(9-14)22(32)31(13-28-20)15-10-24(35-12-15)5-7-30(8-6-24)23(33)34/h1-4,9,13,15,29H,5-8,10,12H2,(H,33,34). The van der Waals surface area contributed by atoms with E-state index in [2.05, 4.69) is 10.3 Å². The zero-order valence-electron chi connectivity index (χ0n) is 18.5. The molecule has 1 atom stereocenters. The van der Waals surface area contributed by atoms with Gasteiger partial charge >= 0.3 is 6.09 Å². The van der Waals surface area contributed by atoms with Gasteiger partial charge in [-0.3, -0.25) is 9.36 Å². The SMILES string of the molecule is N#Cc1c(F)ccc(F)c1Nc1ccc2ncn(C3COC4(CCN(C(=O)O)CC4)C3)c(=O)c2c1. The molecule has 180 valence electrons. The summed E-state index contributed by atoms with van der Waals surface area (Å²) < 4.78 is 35.8. The normalized spacial score (nSPS) is 19.1. The summed E-state index contributed by atoms with van der Waals surface area (Å²) in [6, 6.07) is 7.82. The van der Waals surface area contributed by atoms with Gasteiger partial charge in [0.1, 0.15) is 23.3 Å². The van der Waals surface area contributed by atoms with Gasteiger partial charge in [0.25, 0.3) is 5.56 Å². The Kier molecular flexibility index (Phi) is 5.61. The minimum Gasteiger partial charge on any atom is -0.465 e. The fraction of sp³-hybridized carbons (Fsp3) is 0.333. The van der Waals surface area contributed by atoms with Crippen LogP contribution in [0.5, 0.6) is 0 Å². The topological polar surface area (TPSA) is 120 Å². The van der Waals surface area contributed by atoms with Gasteiger partial charge in [0, 0.05) is 18.8 Å². The lowest BCUT2D eigenvalue weighted by Gasteiger charge is -2.37. The molecule has 1 spiro atoms. The average Bonchev–Trinajstić information content (AvgIpc) is 3.25. The number of carboxylic acid groups (broad SMARTS) is 1. The number of ether oxygens (including phenoxy) is 1. The van der Waals surface area contributed by atoms with Gasteiger partial charge < -0.3 is 20.1 Å². The number of aromatic nitrogens is 2. The summed E-state index contributed by atoms with van der Waals surface area (Å²) in [6.07, 6.45) is 2.19. The molecular weight excluding hydrogens is 460 g/mol. The van der Waals surface area contributed by atoms with Crippen LogP contribution in [0.1, 0.15) is 30.9 Å². The van der Waals surface area contributed by atoms with Crippen molar-refractivity contribution >= 4 is 28.4 Å². The van der Waals surface area contributed by atoms with Crippen LogP contribution in [-0.2, 0) is 4.74 Å².